The van der Waals surface area contributed by atoms with Crippen LogP contribution in [-0.2, 0) is 9.59 Å². The van der Waals surface area contributed by atoms with E-state index in [-0.39, 0.29) is 11.7 Å². The second kappa shape index (κ2) is 6.98. The fourth-order valence-corrected chi connectivity index (χ4v) is 3.08. The van der Waals surface area contributed by atoms with Crippen molar-refractivity contribution in [1.29, 1.82) is 0 Å². The molecule has 1 aromatic carbocycles. The van der Waals surface area contributed by atoms with Gasteiger partial charge in [-0.1, -0.05) is 17.7 Å². The van der Waals surface area contributed by atoms with E-state index in [1.165, 1.54) is 16.7 Å². The number of aliphatic carboxylic acids is 1. The largest absolute Gasteiger partial charge is 0.480 e. The van der Waals surface area contributed by atoms with Gasteiger partial charge in [0.2, 0.25) is 5.91 Å². The van der Waals surface area contributed by atoms with Gasteiger partial charge >= 0.3 is 5.97 Å². The van der Waals surface area contributed by atoms with Gasteiger partial charge in [-0.3, -0.25) is 4.79 Å². The van der Waals surface area contributed by atoms with Crippen molar-refractivity contribution >= 4 is 23.6 Å². The second-order valence-electron chi connectivity index (χ2n) is 5.56. The quantitative estimate of drug-likeness (QED) is 0.820. The number of rotatable bonds is 6. The molecule has 5 heteroatoms. The van der Waals surface area contributed by atoms with Crippen LogP contribution in [0.25, 0.3) is 0 Å². The number of thioether (sulfide) groups is 1. The molecule has 0 atom stereocenters. The summed E-state index contributed by atoms with van der Waals surface area (Å²) in [5, 5.41) is 9.26. The molecule has 21 heavy (non-hydrogen) atoms. The molecule has 4 nitrogen and oxygen atoms in total. The molecule has 0 fully saturated rings. The number of hydrogen-bond acceptors (Lipinski definition) is 3. The molecule has 0 aliphatic heterocycles. The van der Waals surface area contributed by atoms with E-state index in [9.17, 15) is 14.7 Å². The van der Waals surface area contributed by atoms with Gasteiger partial charge in [-0.2, -0.15) is 0 Å². The molecule has 0 saturated heterocycles. The van der Waals surface area contributed by atoms with Crippen molar-refractivity contribution < 1.29 is 14.7 Å². The summed E-state index contributed by atoms with van der Waals surface area (Å²) in [6.45, 7) is 9.30. The van der Waals surface area contributed by atoms with Gasteiger partial charge in [0, 0.05) is 11.4 Å². The number of carboxylic acids is 1. The van der Waals surface area contributed by atoms with E-state index in [0.29, 0.717) is 6.54 Å². The summed E-state index contributed by atoms with van der Waals surface area (Å²) < 4.78 is 0. The Morgan fingerprint density at radius 1 is 1.29 bits per heavy atom. The number of likely N-dealkylation sites (N-methyl/N-ethyl adjacent to an activating group) is 1. The van der Waals surface area contributed by atoms with E-state index in [2.05, 4.69) is 0 Å². The van der Waals surface area contributed by atoms with Crippen LogP contribution >= 0.6 is 11.8 Å². The first-order valence-electron chi connectivity index (χ1n) is 6.94. The fraction of sp³-hybridized carbons (Fsp3) is 0.500. The summed E-state index contributed by atoms with van der Waals surface area (Å²) in [6, 6.07) is 6.11. The molecule has 1 aromatic rings. The standard InChI is InChI=1S/C16H23NO3S/c1-6-17(16(4,5)15(19)20)14(18)10-21-13-9-11(2)7-8-12(13)3/h7-9H,6,10H2,1-5H3,(H,19,20). The van der Waals surface area contributed by atoms with Gasteiger partial charge in [0.1, 0.15) is 5.54 Å². The molecule has 0 heterocycles. The molecular formula is C16H23NO3S. The van der Waals surface area contributed by atoms with Gasteiger partial charge in [0.15, 0.2) is 0 Å². The monoisotopic (exact) mass is 309 g/mol. The zero-order valence-electron chi connectivity index (χ0n) is 13.3. The first-order chi connectivity index (χ1) is 9.70. The Kier molecular flexibility index (Phi) is 5.84. The molecule has 0 unspecified atom stereocenters. The van der Waals surface area contributed by atoms with Gasteiger partial charge < -0.3 is 10.0 Å². The minimum Gasteiger partial charge on any atom is -0.480 e. The van der Waals surface area contributed by atoms with E-state index in [1.807, 2.05) is 32.0 Å². The smallest absolute Gasteiger partial charge is 0.329 e. The van der Waals surface area contributed by atoms with E-state index in [4.69, 9.17) is 0 Å². The predicted octanol–water partition coefficient (Wildman–Crippen LogP) is 3.11. The number of aryl methyl sites for hydroxylation is 2. The van der Waals surface area contributed by atoms with Crippen LogP contribution in [0.4, 0.5) is 0 Å². The van der Waals surface area contributed by atoms with E-state index in [0.717, 1.165) is 16.0 Å². The Bertz CT molecular complexity index is 540. The van der Waals surface area contributed by atoms with Crippen molar-refractivity contribution in [2.45, 2.75) is 45.1 Å². The van der Waals surface area contributed by atoms with Crippen LogP contribution < -0.4 is 0 Å². The molecule has 0 aliphatic carbocycles. The first-order valence-corrected chi connectivity index (χ1v) is 7.92. The maximum absolute atomic E-state index is 12.3. The van der Waals surface area contributed by atoms with E-state index >= 15 is 0 Å². The van der Waals surface area contributed by atoms with Crippen molar-refractivity contribution in [2.24, 2.45) is 0 Å². The summed E-state index contributed by atoms with van der Waals surface area (Å²) in [5.41, 5.74) is 1.08. The van der Waals surface area contributed by atoms with Crippen molar-refractivity contribution in [2.75, 3.05) is 12.3 Å². The predicted molar refractivity (Wildman–Crippen MR) is 85.7 cm³/mol. The average molecular weight is 309 g/mol. The number of amides is 1. The number of hydrogen-bond donors (Lipinski definition) is 1. The molecule has 0 spiro atoms. The Labute approximate surface area is 130 Å². The van der Waals surface area contributed by atoms with Crippen molar-refractivity contribution in [1.82, 2.24) is 4.90 Å². The summed E-state index contributed by atoms with van der Waals surface area (Å²) in [6.07, 6.45) is 0. The topological polar surface area (TPSA) is 57.6 Å². The third kappa shape index (κ3) is 4.24. The Morgan fingerprint density at radius 3 is 2.43 bits per heavy atom. The van der Waals surface area contributed by atoms with Crippen LogP contribution in [0.5, 0.6) is 0 Å². The Morgan fingerprint density at radius 2 is 1.90 bits per heavy atom. The van der Waals surface area contributed by atoms with Crippen LogP contribution in [0.3, 0.4) is 0 Å². The third-order valence-electron chi connectivity index (χ3n) is 3.51. The highest BCUT2D eigenvalue weighted by Crippen LogP contribution is 2.25. The molecule has 0 radical (unpaired) electrons. The van der Waals surface area contributed by atoms with Crippen LogP contribution in [0.15, 0.2) is 23.1 Å². The summed E-state index contributed by atoms with van der Waals surface area (Å²) in [4.78, 5) is 26.1. The van der Waals surface area contributed by atoms with Gasteiger partial charge in [0.25, 0.3) is 0 Å². The maximum atomic E-state index is 12.3. The molecule has 0 aromatic heterocycles. The number of benzene rings is 1. The van der Waals surface area contributed by atoms with Crippen molar-refractivity contribution in [3.8, 4) is 0 Å². The normalized spacial score (nSPS) is 11.3. The zero-order chi connectivity index (χ0) is 16.2. The van der Waals surface area contributed by atoms with Gasteiger partial charge in [-0.05, 0) is 46.2 Å². The first kappa shape index (κ1) is 17.6. The molecule has 1 rings (SSSR count). The van der Waals surface area contributed by atoms with Gasteiger partial charge in [-0.15, -0.1) is 11.8 Å². The van der Waals surface area contributed by atoms with Crippen molar-refractivity contribution in [3.63, 3.8) is 0 Å². The van der Waals surface area contributed by atoms with Crippen molar-refractivity contribution in [3.05, 3.63) is 29.3 Å². The Balaban J connectivity index is 2.80. The lowest BCUT2D eigenvalue weighted by atomic mass is 10.0. The van der Waals surface area contributed by atoms with E-state index < -0.39 is 11.5 Å². The lowest BCUT2D eigenvalue weighted by Gasteiger charge is -2.34. The van der Waals surface area contributed by atoms with Crippen LogP contribution in [0.2, 0.25) is 0 Å². The minimum absolute atomic E-state index is 0.157. The highest BCUT2D eigenvalue weighted by Gasteiger charge is 2.36. The highest BCUT2D eigenvalue weighted by atomic mass is 32.2. The number of nitrogens with zero attached hydrogens (tertiary/aromatic N) is 1. The van der Waals surface area contributed by atoms with Crippen LogP contribution in [0.1, 0.15) is 31.9 Å². The lowest BCUT2D eigenvalue weighted by Crippen LogP contribution is -2.53. The maximum Gasteiger partial charge on any atom is 0.329 e. The molecule has 116 valence electrons. The molecule has 1 N–H and O–H groups in total. The molecule has 0 aliphatic rings. The van der Waals surface area contributed by atoms with E-state index in [1.54, 1.807) is 20.8 Å². The summed E-state index contributed by atoms with van der Waals surface area (Å²) in [5.74, 6) is -0.903. The SMILES string of the molecule is CCN(C(=O)CSc1cc(C)ccc1C)C(C)(C)C(=O)O. The minimum atomic E-state index is -1.19. The lowest BCUT2D eigenvalue weighted by molar-refractivity contribution is -0.155. The Hall–Kier alpha value is -1.49. The molecular weight excluding hydrogens is 286 g/mol. The molecule has 0 saturated carbocycles. The highest BCUT2D eigenvalue weighted by molar-refractivity contribution is 8.00. The average Bonchev–Trinajstić information content (AvgIpc) is 2.40. The zero-order valence-corrected chi connectivity index (χ0v) is 14.1. The molecule has 0 bridgehead atoms. The van der Waals surface area contributed by atoms with Crippen LogP contribution in [-0.4, -0.2) is 39.7 Å². The van der Waals surface area contributed by atoms with Crippen LogP contribution in [0, 0.1) is 13.8 Å². The summed E-state index contributed by atoms with van der Waals surface area (Å²) in [7, 11) is 0. The van der Waals surface area contributed by atoms with Gasteiger partial charge in [-0.25, -0.2) is 4.79 Å². The molecule has 1 amide bonds. The second-order valence-corrected chi connectivity index (χ2v) is 6.58. The van der Waals surface area contributed by atoms with Gasteiger partial charge in [0.05, 0.1) is 5.75 Å². The number of carboxylic acid groups (broad SMARTS) is 1. The summed E-state index contributed by atoms with van der Waals surface area (Å²) >= 11 is 1.46. The number of carbonyl (C=O) groups is 2. The number of carbonyl (C=O) groups excluding carboxylic acids is 1. The fourth-order valence-electron chi connectivity index (χ4n) is 2.08. The third-order valence-corrected chi connectivity index (χ3v) is 4.65.